The summed E-state index contributed by atoms with van der Waals surface area (Å²) < 4.78 is 3.86. The van der Waals surface area contributed by atoms with E-state index in [2.05, 4.69) is 36.6 Å². The highest BCUT2D eigenvalue weighted by molar-refractivity contribution is 9.25. The van der Waals surface area contributed by atoms with Gasteiger partial charge >= 0.3 is 5.97 Å². The van der Waals surface area contributed by atoms with Crippen molar-refractivity contribution in [2.24, 2.45) is 0 Å². The Bertz CT molecular complexity index is 123. The molecule has 0 atom stereocenters. The lowest BCUT2D eigenvalue weighted by atomic mass is 10.2. The van der Waals surface area contributed by atoms with E-state index in [0.29, 0.717) is 0 Å². The number of hydrogen-bond acceptors (Lipinski definition) is 2. The standard InChI is InChI=1S/C6H10Br2O2/c1-3-4-6(7,8)5(9)10-2/h3-4H2,1-2H3. The number of esters is 1. The first-order chi connectivity index (χ1) is 4.54. The Hall–Kier alpha value is 0.430. The Kier molecular flexibility index (Phi) is 4.52. The number of methoxy groups -OCH3 is 1. The number of halogens is 2. The number of hydrogen-bond donors (Lipinski definition) is 0. The lowest BCUT2D eigenvalue weighted by molar-refractivity contribution is -0.140. The van der Waals surface area contributed by atoms with Gasteiger partial charge in [-0.15, -0.1) is 0 Å². The van der Waals surface area contributed by atoms with Gasteiger partial charge in [0.25, 0.3) is 0 Å². The van der Waals surface area contributed by atoms with Gasteiger partial charge < -0.3 is 4.74 Å². The van der Waals surface area contributed by atoms with Crippen LogP contribution in [0.5, 0.6) is 0 Å². The molecule has 0 rings (SSSR count). The second-order valence-electron chi connectivity index (χ2n) is 1.95. The highest BCUT2D eigenvalue weighted by Crippen LogP contribution is 2.32. The third kappa shape index (κ3) is 3.01. The van der Waals surface area contributed by atoms with Crippen LogP contribution in [-0.2, 0) is 9.53 Å². The fourth-order valence-electron chi connectivity index (χ4n) is 0.565. The predicted molar refractivity (Wildman–Crippen MR) is 47.5 cm³/mol. The molecule has 0 radical (unpaired) electrons. The molecule has 4 heteroatoms. The summed E-state index contributed by atoms with van der Waals surface area (Å²) >= 11 is 6.42. The lowest BCUT2D eigenvalue weighted by Crippen LogP contribution is -2.25. The van der Waals surface area contributed by atoms with Gasteiger partial charge in [-0.3, -0.25) is 0 Å². The fraction of sp³-hybridized carbons (Fsp3) is 0.833. The van der Waals surface area contributed by atoms with Crippen molar-refractivity contribution >= 4 is 37.8 Å². The molecule has 0 aliphatic rings. The van der Waals surface area contributed by atoms with Gasteiger partial charge in [0.2, 0.25) is 0 Å². The molecule has 0 bridgehead atoms. The Balaban J connectivity index is 3.96. The molecule has 0 aromatic carbocycles. The number of alkyl halides is 2. The van der Waals surface area contributed by atoms with E-state index in [1.165, 1.54) is 7.11 Å². The molecular formula is C6H10Br2O2. The van der Waals surface area contributed by atoms with Crippen LogP contribution in [0.4, 0.5) is 0 Å². The zero-order valence-corrected chi connectivity index (χ0v) is 9.16. The molecule has 0 aromatic heterocycles. The van der Waals surface area contributed by atoms with Crippen molar-refractivity contribution in [3.8, 4) is 0 Å². The Labute approximate surface area is 77.6 Å². The van der Waals surface area contributed by atoms with Gasteiger partial charge in [-0.2, -0.15) is 0 Å². The topological polar surface area (TPSA) is 26.3 Å². The highest BCUT2D eigenvalue weighted by atomic mass is 79.9. The van der Waals surface area contributed by atoms with Crippen LogP contribution in [-0.4, -0.2) is 16.3 Å². The lowest BCUT2D eigenvalue weighted by Gasteiger charge is -2.15. The first-order valence-corrected chi connectivity index (χ1v) is 4.59. The van der Waals surface area contributed by atoms with Gasteiger partial charge in [0, 0.05) is 0 Å². The molecule has 0 fully saturated rings. The van der Waals surface area contributed by atoms with E-state index in [4.69, 9.17) is 0 Å². The van der Waals surface area contributed by atoms with Crippen molar-refractivity contribution in [3.63, 3.8) is 0 Å². The summed E-state index contributed by atoms with van der Waals surface area (Å²) in [5, 5.41) is 0. The number of carbonyl (C=O) groups is 1. The normalized spacial score (nSPS) is 11.2. The summed E-state index contributed by atoms with van der Waals surface area (Å²) in [6, 6.07) is 0. The number of carbonyl (C=O) groups excluding carboxylic acids is 1. The molecule has 0 N–H and O–H groups in total. The summed E-state index contributed by atoms with van der Waals surface area (Å²) in [6.45, 7) is 2.00. The van der Waals surface area contributed by atoms with E-state index in [-0.39, 0.29) is 5.97 Å². The molecule has 0 saturated carbocycles. The summed E-state index contributed by atoms with van der Waals surface area (Å²) in [6.07, 6.45) is 1.64. The minimum Gasteiger partial charge on any atom is -0.467 e. The van der Waals surface area contributed by atoms with Crippen molar-refractivity contribution < 1.29 is 9.53 Å². The van der Waals surface area contributed by atoms with Crippen LogP contribution in [0.1, 0.15) is 19.8 Å². The highest BCUT2D eigenvalue weighted by Gasteiger charge is 2.31. The third-order valence-electron chi connectivity index (χ3n) is 1.05. The summed E-state index contributed by atoms with van der Waals surface area (Å²) in [4.78, 5) is 10.9. The van der Waals surface area contributed by atoms with E-state index in [1.54, 1.807) is 0 Å². The average molecular weight is 274 g/mol. The number of ether oxygens (including phenoxy) is 1. The van der Waals surface area contributed by atoms with Gasteiger partial charge in [0.05, 0.1) is 7.11 Å². The maximum absolute atomic E-state index is 10.9. The minimum atomic E-state index is -0.677. The summed E-state index contributed by atoms with van der Waals surface area (Å²) in [7, 11) is 1.37. The Morgan fingerprint density at radius 1 is 1.60 bits per heavy atom. The SMILES string of the molecule is CCCC(Br)(Br)C(=O)OC. The summed E-state index contributed by atoms with van der Waals surface area (Å²) in [5.41, 5.74) is 0. The first-order valence-electron chi connectivity index (χ1n) is 3.01. The van der Waals surface area contributed by atoms with Gasteiger partial charge in [-0.05, 0) is 6.42 Å². The van der Waals surface area contributed by atoms with Crippen LogP contribution < -0.4 is 0 Å². The quantitative estimate of drug-likeness (QED) is 0.583. The van der Waals surface area contributed by atoms with Crippen molar-refractivity contribution in [1.82, 2.24) is 0 Å². The van der Waals surface area contributed by atoms with Crippen molar-refractivity contribution in [1.29, 1.82) is 0 Å². The maximum Gasteiger partial charge on any atom is 0.333 e. The van der Waals surface area contributed by atoms with Gasteiger partial charge in [-0.25, -0.2) is 4.79 Å². The van der Waals surface area contributed by atoms with Crippen LogP contribution in [0.25, 0.3) is 0 Å². The van der Waals surface area contributed by atoms with E-state index in [9.17, 15) is 4.79 Å². The monoisotopic (exact) mass is 272 g/mol. The van der Waals surface area contributed by atoms with Crippen molar-refractivity contribution in [3.05, 3.63) is 0 Å². The van der Waals surface area contributed by atoms with Gasteiger partial charge in [0.15, 0.2) is 3.23 Å². The van der Waals surface area contributed by atoms with Gasteiger partial charge in [0.1, 0.15) is 0 Å². The zero-order valence-electron chi connectivity index (χ0n) is 5.99. The molecular weight excluding hydrogens is 264 g/mol. The molecule has 0 aliphatic heterocycles. The van der Waals surface area contributed by atoms with Gasteiger partial charge in [-0.1, -0.05) is 45.2 Å². The molecule has 0 saturated heterocycles. The summed E-state index contributed by atoms with van der Waals surface area (Å²) in [5.74, 6) is -0.283. The zero-order chi connectivity index (χ0) is 8.20. The van der Waals surface area contributed by atoms with Crippen molar-refractivity contribution in [2.45, 2.75) is 23.0 Å². The molecule has 0 unspecified atom stereocenters. The van der Waals surface area contributed by atoms with Crippen LogP contribution in [0.3, 0.4) is 0 Å². The molecule has 60 valence electrons. The largest absolute Gasteiger partial charge is 0.467 e. The van der Waals surface area contributed by atoms with Crippen LogP contribution in [0.2, 0.25) is 0 Å². The smallest absolute Gasteiger partial charge is 0.333 e. The van der Waals surface area contributed by atoms with E-state index >= 15 is 0 Å². The minimum absolute atomic E-state index is 0.283. The van der Waals surface area contributed by atoms with E-state index < -0.39 is 3.23 Å². The predicted octanol–water partition coefficient (Wildman–Crippen LogP) is 2.45. The second kappa shape index (κ2) is 4.34. The fourth-order valence-corrected chi connectivity index (χ4v) is 1.68. The van der Waals surface area contributed by atoms with E-state index in [1.807, 2.05) is 6.92 Å². The van der Waals surface area contributed by atoms with E-state index in [0.717, 1.165) is 12.8 Å². The molecule has 0 aliphatic carbocycles. The molecule has 0 amide bonds. The Morgan fingerprint density at radius 3 is 2.40 bits per heavy atom. The van der Waals surface area contributed by atoms with Crippen LogP contribution >= 0.6 is 31.9 Å². The van der Waals surface area contributed by atoms with Crippen LogP contribution in [0.15, 0.2) is 0 Å². The second-order valence-corrected chi connectivity index (χ2v) is 5.72. The molecule has 0 heterocycles. The third-order valence-corrected chi connectivity index (χ3v) is 2.49. The number of rotatable bonds is 3. The molecule has 0 aromatic rings. The van der Waals surface area contributed by atoms with Crippen molar-refractivity contribution in [2.75, 3.05) is 7.11 Å². The molecule has 2 nitrogen and oxygen atoms in total. The Morgan fingerprint density at radius 2 is 2.10 bits per heavy atom. The first kappa shape index (κ1) is 10.4. The molecule has 0 spiro atoms. The maximum atomic E-state index is 10.9. The van der Waals surface area contributed by atoms with Crippen LogP contribution in [0, 0.1) is 0 Å². The average Bonchev–Trinajstić information content (AvgIpc) is 1.86. The molecule has 10 heavy (non-hydrogen) atoms.